The van der Waals surface area contributed by atoms with E-state index in [9.17, 15) is 20.2 Å². The van der Waals surface area contributed by atoms with Crippen LogP contribution < -0.4 is 0 Å². The molecule has 0 bridgehead atoms. The molecule has 9 heavy (non-hydrogen) atoms. The summed E-state index contributed by atoms with van der Waals surface area (Å²) in [4.78, 5) is 17.0. The molecule has 0 aliphatic heterocycles. The summed E-state index contributed by atoms with van der Waals surface area (Å²) in [6, 6.07) is 0. The summed E-state index contributed by atoms with van der Waals surface area (Å²) in [7, 11) is 0. The molecule has 0 atom stereocenters. The lowest BCUT2D eigenvalue weighted by atomic mass is 10.5. The van der Waals surface area contributed by atoms with Crippen LogP contribution in [-0.4, -0.2) is 9.85 Å². The van der Waals surface area contributed by atoms with Crippen LogP contribution in [0.25, 0.3) is 0 Å². The van der Waals surface area contributed by atoms with Crippen LogP contribution in [0.1, 0.15) is 0 Å². The van der Waals surface area contributed by atoms with Crippen molar-refractivity contribution in [2.45, 2.75) is 0 Å². The molecular formula is C3H3N2O4. The third kappa shape index (κ3) is 1.85. The predicted molar refractivity (Wildman–Crippen MR) is 27.4 cm³/mol. The van der Waals surface area contributed by atoms with Gasteiger partial charge in [-0.25, -0.2) is 0 Å². The van der Waals surface area contributed by atoms with E-state index in [1.807, 2.05) is 0 Å². The minimum atomic E-state index is -1.10. The molecule has 0 aromatic carbocycles. The Bertz CT molecular complexity index is 140. The van der Waals surface area contributed by atoms with E-state index in [2.05, 4.69) is 6.58 Å². The van der Waals surface area contributed by atoms with Gasteiger partial charge in [-0.05, 0) is 0 Å². The van der Waals surface area contributed by atoms with Gasteiger partial charge in [0.15, 0.2) is 0 Å². The highest BCUT2D eigenvalue weighted by atomic mass is 16.7. The van der Waals surface area contributed by atoms with Crippen LogP contribution in [0.5, 0.6) is 0 Å². The molecule has 0 saturated carbocycles. The van der Waals surface area contributed by atoms with Crippen molar-refractivity contribution < 1.29 is 9.85 Å². The minimum absolute atomic E-state index is 0.583. The molecule has 0 fully saturated rings. The van der Waals surface area contributed by atoms with Crippen molar-refractivity contribution in [2.24, 2.45) is 0 Å². The number of hydrogen-bond acceptors (Lipinski definition) is 4. The molecule has 6 heteroatoms. The Kier molecular flexibility index (Phi) is 2.31. The van der Waals surface area contributed by atoms with Gasteiger partial charge in [0, 0.05) is 0 Å². The number of nitro groups is 2. The predicted octanol–water partition coefficient (Wildman–Crippen LogP) is 0.215. The minimum Gasteiger partial charge on any atom is -0.258 e. The molecule has 0 saturated heterocycles. The lowest BCUT2D eigenvalue weighted by Gasteiger charge is -1.87. The van der Waals surface area contributed by atoms with Crippen molar-refractivity contribution in [3.05, 3.63) is 39.0 Å². The van der Waals surface area contributed by atoms with E-state index >= 15 is 0 Å². The summed E-state index contributed by atoms with van der Waals surface area (Å²) < 4.78 is 0. The van der Waals surface area contributed by atoms with Crippen LogP contribution >= 0.6 is 0 Å². The molecular weight excluding hydrogens is 128 g/mol. The molecule has 0 rings (SSSR count). The van der Waals surface area contributed by atoms with Gasteiger partial charge in [-0.15, -0.1) is 0 Å². The smallest absolute Gasteiger partial charge is 0.258 e. The number of hydrogen-bond donors (Lipinski definition) is 0. The molecule has 0 spiro atoms. The summed E-state index contributed by atoms with van der Waals surface area (Å²) in [5.41, 5.74) is 0. The Morgan fingerprint density at radius 1 is 1.33 bits per heavy atom. The molecule has 0 N–H and O–H groups in total. The summed E-state index contributed by atoms with van der Waals surface area (Å²) >= 11 is 0. The molecule has 6 nitrogen and oxygen atoms in total. The van der Waals surface area contributed by atoms with E-state index in [0.29, 0.717) is 6.08 Å². The third-order valence-electron chi connectivity index (χ3n) is 0.557. The van der Waals surface area contributed by atoms with Crippen LogP contribution in [0, 0.1) is 26.4 Å². The van der Waals surface area contributed by atoms with Gasteiger partial charge in [-0.3, -0.25) is 20.2 Å². The summed E-state index contributed by atoms with van der Waals surface area (Å²) in [5, 5.41) is 19.3. The van der Waals surface area contributed by atoms with Crippen molar-refractivity contribution in [1.82, 2.24) is 0 Å². The maximum atomic E-state index is 9.63. The molecule has 1 radical (unpaired) electrons. The van der Waals surface area contributed by atoms with Gasteiger partial charge in [0.05, 0.1) is 6.08 Å². The van der Waals surface area contributed by atoms with Gasteiger partial charge >= 0.3 is 6.17 Å². The lowest BCUT2D eigenvalue weighted by Crippen LogP contribution is -2.16. The number of rotatable bonds is 3. The molecule has 0 aliphatic carbocycles. The average molecular weight is 131 g/mol. The van der Waals surface area contributed by atoms with Gasteiger partial charge < -0.3 is 0 Å². The Morgan fingerprint density at radius 2 is 1.67 bits per heavy atom. The average Bonchev–Trinajstić information content (AvgIpc) is 1.64. The molecule has 0 heterocycles. The second-order valence-electron chi connectivity index (χ2n) is 1.08. The molecule has 0 aliphatic rings. The monoisotopic (exact) mass is 131 g/mol. The summed E-state index contributed by atoms with van der Waals surface area (Å²) in [5.74, 6) is 0. The maximum absolute atomic E-state index is 9.63. The first kappa shape index (κ1) is 7.54. The van der Waals surface area contributed by atoms with Gasteiger partial charge in [-0.2, -0.15) is 0 Å². The fourth-order valence-corrected chi connectivity index (χ4v) is 0.216. The van der Waals surface area contributed by atoms with Crippen LogP contribution in [0.3, 0.4) is 0 Å². The zero-order chi connectivity index (χ0) is 7.44. The van der Waals surface area contributed by atoms with Gasteiger partial charge in [0.2, 0.25) is 0 Å². The van der Waals surface area contributed by atoms with Crippen molar-refractivity contribution >= 4 is 0 Å². The van der Waals surface area contributed by atoms with Crippen LogP contribution in [-0.2, 0) is 0 Å². The molecule has 49 valence electrons. The standard InChI is InChI=1S/C3H3N2O4/c1-2-3(4(6)7)5(8)9/h2H,1H2. The van der Waals surface area contributed by atoms with Crippen molar-refractivity contribution in [2.75, 3.05) is 0 Å². The van der Waals surface area contributed by atoms with E-state index in [1.54, 1.807) is 0 Å². The first-order chi connectivity index (χ1) is 4.09. The zero-order valence-corrected chi connectivity index (χ0v) is 4.31. The Balaban J connectivity index is 4.16. The molecule has 0 unspecified atom stereocenters. The van der Waals surface area contributed by atoms with Crippen molar-refractivity contribution in [3.8, 4) is 0 Å². The lowest BCUT2D eigenvalue weighted by molar-refractivity contribution is -0.658. The van der Waals surface area contributed by atoms with E-state index in [1.165, 1.54) is 0 Å². The van der Waals surface area contributed by atoms with Crippen LogP contribution in [0.2, 0.25) is 0 Å². The third-order valence-corrected chi connectivity index (χ3v) is 0.557. The van der Waals surface area contributed by atoms with E-state index in [0.717, 1.165) is 0 Å². The topological polar surface area (TPSA) is 86.3 Å². The zero-order valence-electron chi connectivity index (χ0n) is 4.31. The first-order valence-electron chi connectivity index (χ1n) is 1.87. The highest BCUT2D eigenvalue weighted by Gasteiger charge is 2.33. The molecule has 0 amide bonds. The van der Waals surface area contributed by atoms with Crippen LogP contribution in [0.15, 0.2) is 12.7 Å². The van der Waals surface area contributed by atoms with E-state index < -0.39 is 16.0 Å². The van der Waals surface area contributed by atoms with Gasteiger partial charge in [0.25, 0.3) is 0 Å². The fraction of sp³-hybridized carbons (Fsp3) is 0. The Hall–Kier alpha value is -1.46. The van der Waals surface area contributed by atoms with Crippen LogP contribution in [0.4, 0.5) is 0 Å². The highest BCUT2D eigenvalue weighted by Crippen LogP contribution is 2.00. The quantitative estimate of drug-likeness (QED) is 0.404. The largest absolute Gasteiger partial charge is 0.618 e. The number of nitrogens with zero attached hydrogens (tertiary/aromatic N) is 2. The Morgan fingerprint density at radius 3 is 1.67 bits per heavy atom. The Labute approximate surface area is 50.1 Å². The first-order valence-corrected chi connectivity index (χ1v) is 1.87. The second-order valence-corrected chi connectivity index (χ2v) is 1.08. The van der Waals surface area contributed by atoms with Crippen molar-refractivity contribution in [1.29, 1.82) is 0 Å². The van der Waals surface area contributed by atoms with Gasteiger partial charge in [0.1, 0.15) is 9.85 Å². The van der Waals surface area contributed by atoms with Crippen molar-refractivity contribution in [3.63, 3.8) is 0 Å². The van der Waals surface area contributed by atoms with E-state index in [4.69, 9.17) is 0 Å². The summed E-state index contributed by atoms with van der Waals surface area (Å²) in [6.07, 6.45) is -0.519. The molecule has 0 aromatic heterocycles. The summed E-state index contributed by atoms with van der Waals surface area (Å²) in [6.45, 7) is 2.88. The second kappa shape index (κ2) is 2.75. The highest BCUT2D eigenvalue weighted by molar-refractivity contribution is 4.85. The maximum Gasteiger partial charge on any atom is 0.618 e. The van der Waals surface area contributed by atoms with E-state index in [-0.39, 0.29) is 0 Å². The SMILES string of the molecule is C=C[C]([N+](=O)[O-])[N+](=O)[O-]. The molecule has 0 aromatic rings. The fourth-order valence-electron chi connectivity index (χ4n) is 0.216. The normalized spacial score (nSPS) is 9.00. The van der Waals surface area contributed by atoms with Gasteiger partial charge in [-0.1, -0.05) is 6.58 Å².